The van der Waals surface area contributed by atoms with Gasteiger partial charge in [-0.15, -0.1) is 10.2 Å². The number of aryl methyl sites for hydroxylation is 1. The van der Waals surface area contributed by atoms with Gasteiger partial charge in [0.25, 0.3) is 0 Å². The normalized spacial score (nSPS) is 17.8. The number of aromatic nitrogens is 3. The minimum atomic E-state index is -0.211. The smallest absolute Gasteiger partial charge is 0.317 e. The van der Waals surface area contributed by atoms with Gasteiger partial charge in [0.1, 0.15) is 12.4 Å². The molecule has 0 unspecified atom stereocenters. The van der Waals surface area contributed by atoms with Gasteiger partial charge in [0.2, 0.25) is 0 Å². The molecule has 2 amide bonds. The van der Waals surface area contributed by atoms with Gasteiger partial charge in [-0.25, -0.2) is 4.79 Å². The highest BCUT2D eigenvalue weighted by Gasteiger charge is 2.26. The number of amides is 2. The number of carbonyl (C=O) groups is 1. The summed E-state index contributed by atoms with van der Waals surface area (Å²) in [5.41, 5.74) is 0.905. The van der Waals surface area contributed by atoms with Crippen LogP contribution < -0.4 is 5.32 Å². The highest BCUT2D eigenvalue weighted by atomic mass is 35.5. The van der Waals surface area contributed by atoms with Crippen LogP contribution in [0.4, 0.5) is 4.79 Å². The van der Waals surface area contributed by atoms with E-state index in [4.69, 9.17) is 16.3 Å². The van der Waals surface area contributed by atoms with Crippen LogP contribution in [0.5, 0.6) is 0 Å². The van der Waals surface area contributed by atoms with E-state index in [1.54, 1.807) is 11.2 Å². The number of carbonyl (C=O) groups excluding carboxylic acids is 1. The van der Waals surface area contributed by atoms with Gasteiger partial charge in [-0.2, -0.15) is 0 Å². The lowest BCUT2D eigenvalue weighted by molar-refractivity contribution is -0.0154. The summed E-state index contributed by atoms with van der Waals surface area (Å²) < 4.78 is 7.67. The molecular weight excluding hydrogens is 330 g/mol. The van der Waals surface area contributed by atoms with E-state index in [1.165, 1.54) is 0 Å². The Balaban J connectivity index is 1.60. The Bertz CT molecular complexity index is 705. The van der Waals surface area contributed by atoms with Gasteiger partial charge in [0, 0.05) is 23.7 Å². The van der Waals surface area contributed by atoms with Crippen LogP contribution in [-0.4, -0.2) is 45.4 Å². The Morgan fingerprint density at radius 2 is 2.29 bits per heavy atom. The topological polar surface area (TPSA) is 72.3 Å². The number of hydrogen-bond donors (Lipinski definition) is 1. The summed E-state index contributed by atoms with van der Waals surface area (Å²) >= 11 is 6.23. The summed E-state index contributed by atoms with van der Waals surface area (Å²) in [6, 6.07) is 7.42. The average Bonchev–Trinajstić information content (AvgIpc) is 3.07. The number of benzene rings is 1. The molecule has 1 atom stereocenters. The monoisotopic (exact) mass is 349 g/mol. The van der Waals surface area contributed by atoms with E-state index in [-0.39, 0.29) is 12.1 Å². The summed E-state index contributed by atoms with van der Waals surface area (Å²) in [5, 5.41) is 11.4. The lowest BCUT2D eigenvalue weighted by atomic mass is 10.1. The fourth-order valence-electron chi connectivity index (χ4n) is 2.70. The van der Waals surface area contributed by atoms with Crippen molar-refractivity contribution < 1.29 is 9.53 Å². The first-order chi connectivity index (χ1) is 11.7. The second-order valence-electron chi connectivity index (χ2n) is 5.52. The predicted molar refractivity (Wildman–Crippen MR) is 89.6 cm³/mol. The molecule has 0 spiro atoms. The molecule has 1 fully saturated rings. The fraction of sp³-hybridized carbons (Fsp3) is 0.438. The van der Waals surface area contributed by atoms with Crippen LogP contribution >= 0.6 is 11.6 Å². The maximum absolute atomic E-state index is 12.4. The molecule has 3 rings (SSSR count). The van der Waals surface area contributed by atoms with Crippen LogP contribution in [0, 0.1) is 0 Å². The van der Waals surface area contributed by atoms with Gasteiger partial charge in [0.15, 0.2) is 5.82 Å². The molecule has 1 saturated heterocycles. The minimum absolute atomic E-state index is 0.138. The van der Waals surface area contributed by atoms with Crippen molar-refractivity contribution in [2.75, 3.05) is 19.7 Å². The number of nitrogens with one attached hydrogen (secondary N) is 1. The van der Waals surface area contributed by atoms with Crippen LogP contribution in [0.15, 0.2) is 30.6 Å². The van der Waals surface area contributed by atoms with E-state index in [0.717, 1.165) is 17.9 Å². The molecule has 0 radical (unpaired) electrons. The number of hydrogen-bond acceptors (Lipinski definition) is 4. The first-order valence-electron chi connectivity index (χ1n) is 7.94. The zero-order valence-corrected chi connectivity index (χ0v) is 14.2. The van der Waals surface area contributed by atoms with Crippen molar-refractivity contribution in [1.29, 1.82) is 0 Å². The summed E-state index contributed by atoms with van der Waals surface area (Å²) in [6.45, 7) is 4.62. The van der Waals surface area contributed by atoms with E-state index in [9.17, 15) is 4.79 Å². The van der Waals surface area contributed by atoms with E-state index in [2.05, 4.69) is 15.5 Å². The molecule has 1 aromatic carbocycles. The summed E-state index contributed by atoms with van der Waals surface area (Å²) in [6.07, 6.45) is 1.45. The highest BCUT2D eigenvalue weighted by molar-refractivity contribution is 6.31. The predicted octanol–water partition coefficient (Wildman–Crippen LogP) is 2.23. The molecular formula is C16H20ClN5O2. The zero-order valence-electron chi connectivity index (χ0n) is 13.5. The van der Waals surface area contributed by atoms with Gasteiger partial charge < -0.3 is 19.5 Å². The molecule has 0 saturated carbocycles. The Morgan fingerprint density at radius 1 is 1.46 bits per heavy atom. The number of nitrogens with zero attached hydrogens (tertiary/aromatic N) is 4. The molecule has 1 aliphatic rings. The van der Waals surface area contributed by atoms with Crippen LogP contribution in [0.3, 0.4) is 0 Å². The lowest BCUT2D eigenvalue weighted by Gasteiger charge is -2.33. The summed E-state index contributed by atoms with van der Waals surface area (Å²) in [5.74, 6) is 0.738. The second kappa shape index (κ2) is 7.63. The molecule has 0 aliphatic carbocycles. The van der Waals surface area contributed by atoms with Crippen molar-refractivity contribution in [2.24, 2.45) is 0 Å². The van der Waals surface area contributed by atoms with Gasteiger partial charge in [-0.1, -0.05) is 29.8 Å². The first kappa shape index (κ1) is 16.7. The minimum Gasteiger partial charge on any atom is -0.370 e. The third kappa shape index (κ3) is 3.68. The molecule has 8 heteroatoms. The first-order valence-corrected chi connectivity index (χ1v) is 8.32. The maximum atomic E-state index is 12.4. The van der Waals surface area contributed by atoms with Crippen molar-refractivity contribution >= 4 is 17.6 Å². The lowest BCUT2D eigenvalue weighted by Crippen LogP contribution is -2.47. The summed E-state index contributed by atoms with van der Waals surface area (Å²) in [4.78, 5) is 14.2. The van der Waals surface area contributed by atoms with Gasteiger partial charge in [-0.05, 0) is 13.0 Å². The largest absolute Gasteiger partial charge is 0.370 e. The molecule has 0 bridgehead atoms. The number of morpholine rings is 1. The Hall–Kier alpha value is -2.12. The molecule has 2 heterocycles. The van der Waals surface area contributed by atoms with Crippen LogP contribution in [0.25, 0.3) is 0 Å². The number of urea groups is 1. The van der Waals surface area contributed by atoms with Crippen LogP contribution in [0.2, 0.25) is 5.02 Å². The Morgan fingerprint density at radius 3 is 3.08 bits per heavy atom. The van der Waals surface area contributed by atoms with Gasteiger partial charge in [0.05, 0.1) is 19.7 Å². The SMILES string of the molecule is CCn1cnnc1CNC(=O)N1CCO[C@H](c2ccccc2Cl)C1. The van der Waals surface area contributed by atoms with Crippen molar-refractivity contribution in [3.05, 3.63) is 47.0 Å². The third-order valence-corrected chi connectivity index (χ3v) is 4.38. The van der Waals surface area contributed by atoms with Crippen molar-refractivity contribution in [3.8, 4) is 0 Å². The number of rotatable bonds is 4. The van der Waals surface area contributed by atoms with E-state index in [1.807, 2.05) is 35.8 Å². The number of halogens is 1. The van der Waals surface area contributed by atoms with E-state index >= 15 is 0 Å². The second-order valence-corrected chi connectivity index (χ2v) is 5.93. The highest BCUT2D eigenvalue weighted by Crippen LogP contribution is 2.28. The van der Waals surface area contributed by atoms with E-state index < -0.39 is 0 Å². The molecule has 2 aromatic rings. The zero-order chi connectivity index (χ0) is 16.9. The molecule has 24 heavy (non-hydrogen) atoms. The number of ether oxygens (including phenoxy) is 1. The molecule has 7 nitrogen and oxygen atoms in total. The molecule has 128 valence electrons. The maximum Gasteiger partial charge on any atom is 0.317 e. The standard InChI is InChI=1S/C16H20ClN5O2/c1-2-21-11-19-20-15(21)9-18-16(23)22-7-8-24-14(10-22)12-5-3-4-6-13(12)17/h3-6,11,14H,2,7-10H2,1H3,(H,18,23)/t14-/m0/s1. The molecule has 1 aliphatic heterocycles. The average molecular weight is 350 g/mol. The van der Waals surface area contributed by atoms with Gasteiger partial charge >= 0.3 is 6.03 Å². The van der Waals surface area contributed by atoms with Crippen molar-refractivity contribution in [1.82, 2.24) is 25.0 Å². The van der Waals surface area contributed by atoms with Crippen LogP contribution in [-0.2, 0) is 17.8 Å². The van der Waals surface area contributed by atoms with Crippen molar-refractivity contribution in [3.63, 3.8) is 0 Å². The molecule has 1 N–H and O–H groups in total. The summed E-state index contributed by atoms with van der Waals surface area (Å²) in [7, 11) is 0. The molecule has 1 aromatic heterocycles. The fourth-order valence-corrected chi connectivity index (χ4v) is 2.96. The quantitative estimate of drug-likeness (QED) is 0.918. The Labute approximate surface area is 145 Å². The van der Waals surface area contributed by atoms with Crippen LogP contribution in [0.1, 0.15) is 24.4 Å². The van der Waals surface area contributed by atoms with E-state index in [0.29, 0.717) is 31.3 Å². The third-order valence-electron chi connectivity index (χ3n) is 4.04. The Kier molecular flexibility index (Phi) is 5.32. The van der Waals surface area contributed by atoms with Gasteiger partial charge in [-0.3, -0.25) is 0 Å². The van der Waals surface area contributed by atoms with Crippen molar-refractivity contribution in [2.45, 2.75) is 26.1 Å².